The van der Waals surface area contributed by atoms with Gasteiger partial charge in [0.25, 0.3) is 0 Å². The van der Waals surface area contributed by atoms with Gasteiger partial charge in [-0.2, -0.15) is 13.2 Å². The van der Waals surface area contributed by atoms with Crippen LogP contribution in [0.15, 0.2) is 30.5 Å². The van der Waals surface area contributed by atoms with Crippen molar-refractivity contribution in [2.75, 3.05) is 12.4 Å². The highest BCUT2D eigenvalue weighted by atomic mass is 19.4. The van der Waals surface area contributed by atoms with Crippen LogP contribution >= 0.6 is 0 Å². The molecule has 0 saturated heterocycles. The zero-order chi connectivity index (χ0) is 16.8. The summed E-state index contributed by atoms with van der Waals surface area (Å²) in [6.07, 6.45) is -4.52. The lowest BCUT2D eigenvalue weighted by Gasteiger charge is -2.19. The largest absolute Gasteiger partial charge is 0.419 e. The van der Waals surface area contributed by atoms with Gasteiger partial charge in [-0.05, 0) is 31.7 Å². The van der Waals surface area contributed by atoms with E-state index in [-0.39, 0.29) is 5.69 Å². The van der Waals surface area contributed by atoms with Crippen molar-refractivity contribution < 1.29 is 18.3 Å². The summed E-state index contributed by atoms with van der Waals surface area (Å²) in [4.78, 5) is 5.45. The standard InChI is InChI=1S/C16H16F3N3O/c1-9-6-13(11(7-20-9)16(17,18)19)21-12-5-3-4-10-8-22(2)15(23)14(10)12/h3-7,15,23H,8H2,1-2H3,(H,20,21). The van der Waals surface area contributed by atoms with Crippen LogP contribution in [-0.4, -0.2) is 22.0 Å². The lowest BCUT2D eigenvalue weighted by atomic mass is 10.1. The fourth-order valence-corrected chi connectivity index (χ4v) is 2.77. The molecule has 7 heteroatoms. The van der Waals surface area contributed by atoms with E-state index in [0.29, 0.717) is 23.5 Å². The lowest BCUT2D eigenvalue weighted by Crippen LogP contribution is -2.16. The monoisotopic (exact) mass is 323 g/mol. The normalized spacial score (nSPS) is 18.1. The number of alkyl halides is 3. The summed E-state index contributed by atoms with van der Waals surface area (Å²) < 4.78 is 39.5. The molecule has 0 aliphatic carbocycles. The predicted octanol–water partition coefficient (Wildman–Crippen LogP) is 3.59. The summed E-state index contributed by atoms with van der Waals surface area (Å²) >= 11 is 0. The van der Waals surface area contributed by atoms with Gasteiger partial charge in [-0.1, -0.05) is 12.1 Å². The average Bonchev–Trinajstić information content (AvgIpc) is 2.74. The molecule has 1 aromatic carbocycles. The molecule has 0 saturated carbocycles. The summed E-state index contributed by atoms with van der Waals surface area (Å²) in [6, 6.07) is 6.63. The Morgan fingerprint density at radius 3 is 2.74 bits per heavy atom. The number of aliphatic hydroxyl groups excluding tert-OH is 1. The van der Waals surface area contributed by atoms with Crippen LogP contribution in [0.25, 0.3) is 0 Å². The zero-order valence-electron chi connectivity index (χ0n) is 12.6. The Kier molecular flexibility index (Phi) is 3.77. The molecule has 0 bridgehead atoms. The molecule has 1 aliphatic rings. The number of halogens is 3. The van der Waals surface area contributed by atoms with Crippen molar-refractivity contribution in [3.63, 3.8) is 0 Å². The maximum Gasteiger partial charge on any atom is 0.419 e. The molecular weight excluding hydrogens is 307 g/mol. The van der Waals surface area contributed by atoms with E-state index in [0.717, 1.165) is 11.8 Å². The molecule has 0 fully saturated rings. The van der Waals surface area contributed by atoms with Crippen LogP contribution in [-0.2, 0) is 12.7 Å². The molecule has 2 heterocycles. The van der Waals surface area contributed by atoms with E-state index in [2.05, 4.69) is 10.3 Å². The summed E-state index contributed by atoms with van der Waals surface area (Å²) in [5.74, 6) is 0. The zero-order valence-corrected chi connectivity index (χ0v) is 12.6. The van der Waals surface area contributed by atoms with E-state index >= 15 is 0 Å². The lowest BCUT2D eigenvalue weighted by molar-refractivity contribution is -0.137. The van der Waals surface area contributed by atoms with Gasteiger partial charge in [-0.25, -0.2) is 0 Å². The molecule has 122 valence electrons. The Balaban J connectivity index is 2.05. The summed E-state index contributed by atoms with van der Waals surface area (Å²) in [6.45, 7) is 2.18. The van der Waals surface area contributed by atoms with Crippen LogP contribution in [0.2, 0.25) is 0 Å². The first-order valence-corrected chi connectivity index (χ1v) is 7.08. The number of hydrogen-bond donors (Lipinski definition) is 2. The maximum absolute atomic E-state index is 13.2. The molecule has 1 atom stereocenters. The van der Waals surface area contributed by atoms with E-state index < -0.39 is 18.0 Å². The number of benzene rings is 1. The molecular formula is C16H16F3N3O. The number of aliphatic hydroxyl groups is 1. The van der Waals surface area contributed by atoms with Crippen LogP contribution < -0.4 is 5.32 Å². The predicted molar refractivity (Wildman–Crippen MR) is 80.1 cm³/mol. The van der Waals surface area contributed by atoms with Crippen molar-refractivity contribution in [2.45, 2.75) is 25.9 Å². The van der Waals surface area contributed by atoms with E-state index in [1.54, 1.807) is 31.0 Å². The Bertz CT molecular complexity index is 746. The first-order valence-electron chi connectivity index (χ1n) is 7.08. The quantitative estimate of drug-likeness (QED) is 0.887. The van der Waals surface area contributed by atoms with Crippen LogP contribution in [0.5, 0.6) is 0 Å². The van der Waals surface area contributed by atoms with Gasteiger partial charge in [0, 0.05) is 29.7 Å². The number of aromatic nitrogens is 1. The van der Waals surface area contributed by atoms with Gasteiger partial charge in [0.05, 0.1) is 11.3 Å². The number of fused-ring (bicyclic) bond motifs is 1. The highest BCUT2D eigenvalue weighted by molar-refractivity contribution is 5.68. The maximum atomic E-state index is 13.2. The number of hydrogen-bond acceptors (Lipinski definition) is 4. The minimum absolute atomic E-state index is 0.0693. The third-order valence-corrected chi connectivity index (χ3v) is 3.91. The third kappa shape index (κ3) is 2.89. The molecule has 1 aromatic heterocycles. The number of anilines is 2. The minimum Gasteiger partial charge on any atom is -0.374 e. The van der Waals surface area contributed by atoms with Crippen LogP contribution in [0.3, 0.4) is 0 Å². The van der Waals surface area contributed by atoms with Crippen LogP contribution in [0.1, 0.15) is 28.6 Å². The van der Waals surface area contributed by atoms with Crippen molar-refractivity contribution in [3.8, 4) is 0 Å². The second kappa shape index (κ2) is 5.50. The fourth-order valence-electron chi connectivity index (χ4n) is 2.77. The molecule has 0 radical (unpaired) electrons. The number of rotatable bonds is 2. The van der Waals surface area contributed by atoms with E-state index in [9.17, 15) is 18.3 Å². The first kappa shape index (κ1) is 15.8. The van der Waals surface area contributed by atoms with Crippen molar-refractivity contribution in [1.82, 2.24) is 9.88 Å². The molecule has 1 aliphatic heterocycles. The minimum atomic E-state index is -4.50. The SMILES string of the molecule is Cc1cc(Nc2cccc3c2C(O)N(C)C3)c(C(F)(F)F)cn1. The van der Waals surface area contributed by atoms with Crippen molar-refractivity contribution in [3.05, 3.63) is 52.8 Å². The van der Waals surface area contributed by atoms with Gasteiger partial charge in [0.1, 0.15) is 6.23 Å². The second-order valence-electron chi connectivity index (χ2n) is 5.66. The first-order chi connectivity index (χ1) is 10.8. The van der Waals surface area contributed by atoms with E-state index in [4.69, 9.17) is 0 Å². The van der Waals surface area contributed by atoms with Gasteiger partial charge in [0.2, 0.25) is 0 Å². The fraction of sp³-hybridized carbons (Fsp3) is 0.312. The smallest absolute Gasteiger partial charge is 0.374 e. The highest BCUT2D eigenvalue weighted by Crippen LogP contribution is 2.40. The van der Waals surface area contributed by atoms with Crippen LogP contribution in [0, 0.1) is 6.92 Å². The van der Waals surface area contributed by atoms with Crippen molar-refractivity contribution in [2.24, 2.45) is 0 Å². The topological polar surface area (TPSA) is 48.4 Å². The number of aryl methyl sites for hydroxylation is 1. The molecule has 0 spiro atoms. The number of pyridine rings is 1. The van der Waals surface area contributed by atoms with E-state index in [1.165, 1.54) is 6.07 Å². The Morgan fingerprint density at radius 2 is 2.04 bits per heavy atom. The Hall–Kier alpha value is -2.12. The number of nitrogens with one attached hydrogen (secondary N) is 1. The second-order valence-corrected chi connectivity index (χ2v) is 5.66. The van der Waals surface area contributed by atoms with E-state index in [1.807, 2.05) is 6.07 Å². The van der Waals surface area contributed by atoms with Gasteiger partial charge < -0.3 is 10.4 Å². The van der Waals surface area contributed by atoms with Crippen LogP contribution in [0.4, 0.5) is 24.5 Å². The third-order valence-electron chi connectivity index (χ3n) is 3.91. The summed E-state index contributed by atoms with van der Waals surface area (Å²) in [5, 5.41) is 13.1. The average molecular weight is 323 g/mol. The molecule has 1 unspecified atom stereocenters. The Morgan fingerprint density at radius 1 is 1.30 bits per heavy atom. The van der Waals surface area contributed by atoms with Gasteiger partial charge >= 0.3 is 6.18 Å². The van der Waals surface area contributed by atoms with Crippen molar-refractivity contribution >= 4 is 11.4 Å². The molecule has 4 nitrogen and oxygen atoms in total. The molecule has 2 aromatic rings. The Labute approximate surface area is 131 Å². The van der Waals surface area contributed by atoms with Gasteiger partial charge in [-0.3, -0.25) is 9.88 Å². The van der Waals surface area contributed by atoms with Gasteiger partial charge in [0.15, 0.2) is 0 Å². The summed E-state index contributed by atoms with van der Waals surface area (Å²) in [5.41, 5.74) is 1.55. The highest BCUT2D eigenvalue weighted by Gasteiger charge is 2.35. The molecule has 23 heavy (non-hydrogen) atoms. The van der Waals surface area contributed by atoms with Crippen molar-refractivity contribution in [1.29, 1.82) is 0 Å². The molecule has 2 N–H and O–H groups in total. The summed E-state index contributed by atoms with van der Waals surface area (Å²) in [7, 11) is 1.76. The number of nitrogens with zero attached hydrogens (tertiary/aromatic N) is 2. The molecule has 3 rings (SSSR count). The molecule has 0 amide bonds. The van der Waals surface area contributed by atoms with Gasteiger partial charge in [-0.15, -0.1) is 0 Å².